The molecule has 22 heavy (non-hydrogen) atoms. The van der Waals surface area contributed by atoms with Gasteiger partial charge in [0.05, 0.1) is 13.2 Å². The number of morpholine rings is 1. The molecule has 1 aliphatic heterocycles. The second-order valence-electron chi connectivity index (χ2n) is 6.06. The zero-order chi connectivity index (χ0) is 15.4. The molecule has 2 heterocycles. The van der Waals surface area contributed by atoms with Crippen LogP contribution >= 0.6 is 0 Å². The van der Waals surface area contributed by atoms with Crippen LogP contribution in [0.3, 0.4) is 0 Å². The number of hydrogen-bond acceptors (Lipinski definition) is 4. The van der Waals surface area contributed by atoms with E-state index in [0.29, 0.717) is 37.9 Å². The van der Waals surface area contributed by atoms with Crippen LogP contribution in [0.5, 0.6) is 0 Å². The Kier molecular flexibility index (Phi) is 4.87. The van der Waals surface area contributed by atoms with Crippen molar-refractivity contribution in [1.29, 1.82) is 0 Å². The van der Waals surface area contributed by atoms with Crippen molar-refractivity contribution in [3.8, 4) is 0 Å². The van der Waals surface area contributed by atoms with Crippen molar-refractivity contribution < 1.29 is 9.53 Å². The third-order valence-corrected chi connectivity index (χ3v) is 4.29. The number of carbonyl (C=O) groups is 1. The van der Waals surface area contributed by atoms with Gasteiger partial charge in [0, 0.05) is 19.4 Å². The molecule has 0 aromatic carbocycles. The molecule has 3 rings (SSSR count). The van der Waals surface area contributed by atoms with Gasteiger partial charge in [-0.25, -0.2) is 4.98 Å². The fourth-order valence-electron chi connectivity index (χ4n) is 3.05. The summed E-state index contributed by atoms with van der Waals surface area (Å²) in [5.41, 5.74) is 0. The van der Waals surface area contributed by atoms with Crippen molar-refractivity contribution in [3.63, 3.8) is 0 Å². The predicted octanol–water partition coefficient (Wildman–Crippen LogP) is 2.01. The third kappa shape index (κ3) is 3.55. The van der Waals surface area contributed by atoms with Crippen LogP contribution in [0.2, 0.25) is 0 Å². The summed E-state index contributed by atoms with van der Waals surface area (Å²) in [6.07, 6.45) is 8.85. The Bertz CT molecular complexity index is 540. The summed E-state index contributed by atoms with van der Waals surface area (Å²) in [6, 6.07) is 0. The van der Waals surface area contributed by atoms with Gasteiger partial charge in [-0.05, 0) is 25.2 Å². The van der Waals surface area contributed by atoms with Gasteiger partial charge < -0.3 is 9.64 Å². The zero-order valence-corrected chi connectivity index (χ0v) is 13.1. The molecular weight excluding hydrogens is 280 g/mol. The van der Waals surface area contributed by atoms with E-state index in [1.165, 1.54) is 0 Å². The molecule has 2 atom stereocenters. The fourth-order valence-corrected chi connectivity index (χ4v) is 3.05. The molecule has 1 saturated heterocycles. The molecule has 1 N–H and O–H groups in total. The summed E-state index contributed by atoms with van der Waals surface area (Å²) in [6.45, 7) is 3.88. The first-order valence-corrected chi connectivity index (χ1v) is 8.23. The van der Waals surface area contributed by atoms with Gasteiger partial charge in [0.1, 0.15) is 11.9 Å². The Hall–Kier alpha value is -1.69. The van der Waals surface area contributed by atoms with Crippen molar-refractivity contribution in [2.75, 3.05) is 19.7 Å². The molecule has 120 valence electrons. The molecule has 0 unspecified atom stereocenters. The number of allylic oxidation sites excluding steroid dienone is 2. The molecule has 0 spiro atoms. The number of ether oxygens (including phenoxy) is 1. The van der Waals surface area contributed by atoms with E-state index >= 15 is 0 Å². The molecule has 2 aliphatic rings. The number of H-pyrrole nitrogens is 1. The van der Waals surface area contributed by atoms with Gasteiger partial charge in [0.15, 0.2) is 5.82 Å². The van der Waals surface area contributed by atoms with Gasteiger partial charge in [-0.3, -0.25) is 9.89 Å². The maximum atomic E-state index is 12.4. The van der Waals surface area contributed by atoms with Gasteiger partial charge in [-0.1, -0.05) is 19.1 Å². The lowest BCUT2D eigenvalue weighted by molar-refractivity contribution is -0.140. The molecule has 6 nitrogen and oxygen atoms in total. The van der Waals surface area contributed by atoms with Crippen LogP contribution in [-0.4, -0.2) is 45.7 Å². The summed E-state index contributed by atoms with van der Waals surface area (Å²) >= 11 is 0. The Morgan fingerprint density at radius 2 is 2.45 bits per heavy atom. The zero-order valence-electron chi connectivity index (χ0n) is 13.1. The lowest BCUT2D eigenvalue weighted by Gasteiger charge is -2.32. The molecule has 1 amide bonds. The summed E-state index contributed by atoms with van der Waals surface area (Å²) in [4.78, 5) is 18.8. The summed E-state index contributed by atoms with van der Waals surface area (Å²) < 4.78 is 5.75. The van der Waals surface area contributed by atoms with Crippen LogP contribution in [0, 0.1) is 5.92 Å². The average Bonchev–Trinajstić information content (AvgIpc) is 3.19. The number of amides is 1. The van der Waals surface area contributed by atoms with Crippen molar-refractivity contribution in [2.24, 2.45) is 5.92 Å². The third-order valence-electron chi connectivity index (χ3n) is 4.29. The summed E-state index contributed by atoms with van der Waals surface area (Å²) in [7, 11) is 0. The number of nitrogens with one attached hydrogen (secondary N) is 1. The van der Waals surface area contributed by atoms with E-state index in [0.717, 1.165) is 31.5 Å². The second kappa shape index (κ2) is 7.05. The van der Waals surface area contributed by atoms with E-state index in [1.807, 2.05) is 4.90 Å². The first-order chi connectivity index (χ1) is 10.8. The van der Waals surface area contributed by atoms with Crippen LogP contribution in [0.4, 0.5) is 0 Å². The molecule has 6 heteroatoms. The average molecular weight is 304 g/mol. The van der Waals surface area contributed by atoms with E-state index in [1.54, 1.807) is 0 Å². The van der Waals surface area contributed by atoms with Crippen LogP contribution in [0.15, 0.2) is 12.2 Å². The molecule has 1 aromatic rings. The SMILES string of the molecule is CCCc1nc([C@@H]2CN(C(=O)C[C@@H]3C=CCC3)CCO2)n[nH]1. The Balaban J connectivity index is 1.58. The highest BCUT2D eigenvalue weighted by Gasteiger charge is 2.29. The molecule has 1 aromatic heterocycles. The van der Waals surface area contributed by atoms with E-state index < -0.39 is 0 Å². The number of aromatic amines is 1. The highest BCUT2D eigenvalue weighted by atomic mass is 16.5. The Morgan fingerprint density at radius 3 is 3.23 bits per heavy atom. The predicted molar refractivity (Wildman–Crippen MR) is 82.1 cm³/mol. The van der Waals surface area contributed by atoms with Gasteiger partial charge in [0.2, 0.25) is 5.91 Å². The maximum Gasteiger partial charge on any atom is 0.223 e. The number of aromatic nitrogens is 3. The van der Waals surface area contributed by atoms with Crippen LogP contribution < -0.4 is 0 Å². The van der Waals surface area contributed by atoms with Gasteiger partial charge in [-0.2, -0.15) is 5.10 Å². The molecule has 0 bridgehead atoms. The molecule has 0 saturated carbocycles. The van der Waals surface area contributed by atoms with Crippen molar-refractivity contribution in [3.05, 3.63) is 23.8 Å². The highest BCUT2D eigenvalue weighted by molar-refractivity contribution is 5.76. The quantitative estimate of drug-likeness (QED) is 0.845. The number of hydrogen-bond donors (Lipinski definition) is 1. The van der Waals surface area contributed by atoms with Gasteiger partial charge in [-0.15, -0.1) is 0 Å². The maximum absolute atomic E-state index is 12.4. The van der Waals surface area contributed by atoms with Gasteiger partial charge in [0.25, 0.3) is 0 Å². The topological polar surface area (TPSA) is 71.1 Å². The Morgan fingerprint density at radius 1 is 1.55 bits per heavy atom. The Labute approximate surface area is 130 Å². The van der Waals surface area contributed by atoms with E-state index in [9.17, 15) is 4.79 Å². The van der Waals surface area contributed by atoms with Crippen LogP contribution in [-0.2, 0) is 16.0 Å². The highest BCUT2D eigenvalue weighted by Crippen LogP contribution is 2.24. The number of rotatable bonds is 5. The lowest BCUT2D eigenvalue weighted by atomic mass is 10.0. The first kappa shape index (κ1) is 15.2. The monoisotopic (exact) mass is 304 g/mol. The normalized spacial score (nSPS) is 24.9. The van der Waals surface area contributed by atoms with Crippen molar-refractivity contribution >= 4 is 5.91 Å². The number of aryl methyl sites for hydroxylation is 1. The molecule has 0 radical (unpaired) electrons. The van der Waals surface area contributed by atoms with Crippen molar-refractivity contribution in [2.45, 2.75) is 45.1 Å². The first-order valence-electron chi connectivity index (χ1n) is 8.23. The fraction of sp³-hybridized carbons (Fsp3) is 0.688. The van der Waals surface area contributed by atoms with Crippen LogP contribution in [0.1, 0.15) is 50.4 Å². The summed E-state index contributed by atoms with van der Waals surface area (Å²) in [5, 5.41) is 7.20. The standard InChI is InChI=1S/C16H24N4O2/c1-2-5-14-17-16(19-18-14)13-11-20(8-9-22-13)15(21)10-12-6-3-4-7-12/h3,6,12-13H,2,4-5,7-11H2,1H3,(H,17,18,19)/t12-,13+/m1/s1. The smallest absolute Gasteiger partial charge is 0.223 e. The largest absolute Gasteiger partial charge is 0.366 e. The van der Waals surface area contributed by atoms with E-state index in [4.69, 9.17) is 4.74 Å². The van der Waals surface area contributed by atoms with E-state index in [2.05, 4.69) is 34.3 Å². The minimum absolute atomic E-state index is 0.210. The number of carbonyl (C=O) groups excluding carboxylic acids is 1. The molecule has 1 fully saturated rings. The minimum atomic E-state index is -0.210. The van der Waals surface area contributed by atoms with Crippen molar-refractivity contribution in [1.82, 2.24) is 20.1 Å². The second-order valence-corrected chi connectivity index (χ2v) is 6.06. The van der Waals surface area contributed by atoms with Crippen LogP contribution in [0.25, 0.3) is 0 Å². The molecular formula is C16H24N4O2. The molecule has 1 aliphatic carbocycles. The lowest BCUT2D eigenvalue weighted by Crippen LogP contribution is -2.43. The van der Waals surface area contributed by atoms with E-state index in [-0.39, 0.29) is 12.0 Å². The summed E-state index contributed by atoms with van der Waals surface area (Å²) in [5.74, 6) is 2.19. The van der Waals surface area contributed by atoms with Gasteiger partial charge >= 0.3 is 0 Å². The number of nitrogens with zero attached hydrogens (tertiary/aromatic N) is 3. The minimum Gasteiger partial charge on any atom is -0.366 e.